The van der Waals surface area contributed by atoms with Crippen molar-refractivity contribution in [1.82, 2.24) is 0 Å². The molecule has 4 heteroatoms. The van der Waals surface area contributed by atoms with Gasteiger partial charge in [0.05, 0.1) is 19.3 Å². The Balaban J connectivity index is 1.80. The number of methoxy groups -OCH3 is 1. The molecule has 2 aromatic carbocycles. The summed E-state index contributed by atoms with van der Waals surface area (Å²) in [4.78, 5) is 0. The number of anilines is 1. The number of ether oxygens (including phenoxy) is 2. The van der Waals surface area contributed by atoms with Crippen molar-refractivity contribution in [3.05, 3.63) is 57.6 Å². The maximum absolute atomic E-state index is 6.15. The van der Waals surface area contributed by atoms with Crippen LogP contribution in [0.4, 0.5) is 5.69 Å². The average molecular weight is 388 g/mol. The predicted octanol–water partition coefficient (Wildman–Crippen LogP) is 5.26. The van der Waals surface area contributed by atoms with Crippen molar-refractivity contribution in [2.75, 3.05) is 19.0 Å². The molecule has 0 saturated carbocycles. The molecule has 0 amide bonds. The van der Waals surface area contributed by atoms with E-state index in [1.165, 1.54) is 22.4 Å². The molecule has 3 atom stereocenters. The lowest BCUT2D eigenvalue weighted by molar-refractivity contribution is 0.0826. The third-order valence-electron chi connectivity index (χ3n) is 5.23. The second kappa shape index (κ2) is 6.41. The van der Waals surface area contributed by atoms with Crippen LogP contribution in [0.1, 0.15) is 42.2 Å². The Bertz CT molecular complexity index is 761. The molecule has 3 nitrogen and oxygen atoms in total. The van der Waals surface area contributed by atoms with E-state index in [1.54, 1.807) is 7.11 Å². The van der Waals surface area contributed by atoms with Gasteiger partial charge in [0, 0.05) is 33.8 Å². The summed E-state index contributed by atoms with van der Waals surface area (Å²) in [6.07, 6.45) is 2.28. The third kappa shape index (κ3) is 2.62. The van der Waals surface area contributed by atoms with Crippen LogP contribution in [0.25, 0.3) is 0 Å². The zero-order valence-corrected chi connectivity index (χ0v) is 15.6. The van der Waals surface area contributed by atoms with E-state index in [-0.39, 0.29) is 12.1 Å². The van der Waals surface area contributed by atoms with Crippen LogP contribution in [0.2, 0.25) is 0 Å². The van der Waals surface area contributed by atoms with E-state index in [9.17, 15) is 0 Å². The average Bonchev–Trinajstić information content (AvgIpc) is 3.10. The molecular weight excluding hydrogens is 366 g/mol. The first kappa shape index (κ1) is 16.0. The Morgan fingerprint density at radius 3 is 2.88 bits per heavy atom. The molecule has 0 unspecified atom stereocenters. The van der Waals surface area contributed by atoms with Crippen LogP contribution in [0.5, 0.6) is 5.75 Å². The van der Waals surface area contributed by atoms with E-state index >= 15 is 0 Å². The number of aryl methyl sites for hydroxylation is 1. The summed E-state index contributed by atoms with van der Waals surface area (Å²) >= 11 is 3.60. The standard InChI is InChI=1S/C20H22BrNO2/c1-3-12-4-6-17-15(10-12)20-14(8-9-24-20)19(22-17)16-11-13(21)5-7-18(16)23-2/h4-7,10-11,14,19-20,22H,3,8-9H2,1-2H3/t14-,19+,20-/m0/s1. The van der Waals surface area contributed by atoms with Gasteiger partial charge in [0.2, 0.25) is 0 Å². The van der Waals surface area contributed by atoms with Gasteiger partial charge < -0.3 is 14.8 Å². The summed E-state index contributed by atoms with van der Waals surface area (Å²) in [5, 5.41) is 3.76. The van der Waals surface area contributed by atoms with Crippen LogP contribution in [0.15, 0.2) is 40.9 Å². The van der Waals surface area contributed by atoms with Crippen LogP contribution in [-0.4, -0.2) is 13.7 Å². The highest BCUT2D eigenvalue weighted by atomic mass is 79.9. The van der Waals surface area contributed by atoms with Crippen LogP contribution >= 0.6 is 15.9 Å². The number of halogens is 1. The van der Waals surface area contributed by atoms with E-state index in [0.717, 1.165) is 29.7 Å². The van der Waals surface area contributed by atoms with E-state index in [4.69, 9.17) is 9.47 Å². The van der Waals surface area contributed by atoms with Gasteiger partial charge in [0.1, 0.15) is 5.75 Å². The van der Waals surface area contributed by atoms with E-state index in [2.05, 4.69) is 52.4 Å². The maximum atomic E-state index is 6.15. The molecule has 2 aliphatic heterocycles. The minimum atomic E-state index is 0.168. The first-order valence-corrected chi connectivity index (χ1v) is 9.35. The van der Waals surface area contributed by atoms with Gasteiger partial charge in [-0.1, -0.05) is 35.0 Å². The van der Waals surface area contributed by atoms with Crippen molar-refractivity contribution in [2.45, 2.75) is 31.9 Å². The second-order valence-electron chi connectivity index (χ2n) is 6.53. The molecule has 0 radical (unpaired) electrons. The highest BCUT2D eigenvalue weighted by molar-refractivity contribution is 9.10. The molecular formula is C20H22BrNO2. The summed E-state index contributed by atoms with van der Waals surface area (Å²) in [5.41, 5.74) is 5.05. The van der Waals surface area contributed by atoms with Gasteiger partial charge in [-0.25, -0.2) is 0 Å². The Hall–Kier alpha value is -1.52. The van der Waals surface area contributed by atoms with Crippen molar-refractivity contribution in [2.24, 2.45) is 5.92 Å². The van der Waals surface area contributed by atoms with Gasteiger partial charge in [-0.3, -0.25) is 0 Å². The smallest absolute Gasteiger partial charge is 0.124 e. The number of hydrogen-bond donors (Lipinski definition) is 1. The monoisotopic (exact) mass is 387 g/mol. The Morgan fingerprint density at radius 1 is 1.21 bits per heavy atom. The number of benzene rings is 2. The largest absolute Gasteiger partial charge is 0.496 e. The highest BCUT2D eigenvalue weighted by Gasteiger charge is 2.42. The minimum absolute atomic E-state index is 0.168. The first-order valence-electron chi connectivity index (χ1n) is 8.55. The predicted molar refractivity (Wildman–Crippen MR) is 99.7 cm³/mol. The van der Waals surface area contributed by atoms with Crippen molar-refractivity contribution >= 4 is 21.6 Å². The summed E-state index contributed by atoms with van der Waals surface area (Å²) in [7, 11) is 1.74. The molecule has 0 aromatic heterocycles. The van der Waals surface area contributed by atoms with Crippen LogP contribution < -0.4 is 10.1 Å². The molecule has 0 spiro atoms. The first-order chi connectivity index (χ1) is 11.7. The fraction of sp³-hybridized carbons (Fsp3) is 0.400. The lowest BCUT2D eigenvalue weighted by atomic mass is 9.80. The molecule has 1 fully saturated rings. The Labute approximate surface area is 151 Å². The van der Waals surface area contributed by atoms with E-state index in [1.807, 2.05) is 12.1 Å². The molecule has 1 N–H and O–H groups in total. The summed E-state index contributed by atoms with van der Waals surface area (Å²) in [5.74, 6) is 1.35. The number of hydrogen-bond acceptors (Lipinski definition) is 3. The van der Waals surface area contributed by atoms with Crippen LogP contribution in [-0.2, 0) is 11.2 Å². The fourth-order valence-corrected chi connectivity index (χ4v) is 4.38. The number of nitrogens with one attached hydrogen (secondary N) is 1. The van der Waals surface area contributed by atoms with Crippen molar-refractivity contribution in [3.63, 3.8) is 0 Å². The lowest BCUT2D eigenvalue weighted by Crippen LogP contribution is -2.29. The fourth-order valence-electron chi connectivity index (χ4n) is 4.00. The van der Waals surface area contributed by atoms with Gasteiger partial charge in [0.15, 0.2) is 0 Å². The van der Waals surface area contributed by atoms with Gasteiger partial charge in [-0.2, -0.15) is 0 Å². The van der Waals surface area contributed by atoms with E-state index < -0.39 is 0 Å². The highest BCUT2D eigenvalue weighted by Crippen LogP contribution is 2.51. The molecule has 0 aliphatic carbocycles. The topological polar surface area (TPSA) is 30.5 Å². The summed E-state index contributed by atoms with van der Waals surface area (Å²) < 4.78 is 12.8. The number of rotatable bonds is 3. The molecule has 4 rings (SSSR count). The zero-order valence-electron chi connectivity index (χ0n) is 14.0. The lowest BCUT2D eigenvalue weighted by Gasteiger charge is -2.37. The molecule has 126 valence electrons. The van der Waals surface area contributed by atoms with Gasteiger partial charge >= 0.3 is 0 Å². The summed E-state index contributed by atoms with van der Waals surface area (Å²) in [6, 6.07) is 13.1. The van der Waals surface area contributed by atoms with Crippen molar-refractivity contribution < 1.29 is 9.47 Å². The third-order valence-corrected chi connectivity index (χ3v) is 5.73. The molecule has 24 heavy (non-hydrogen) atoms. The second-order valence-corrected chi connectivity index (χ2v) is 7.44. The van der Waals surface area contributed by atoms with Crippen molar-refractivity contribution in [1.29, 1.82) is 0 Å². The molecule has 2 heterocycles. The van der Waals surface area contributed by atoms with Gasteiger partial charge in [-0.15, -0.1) is 0 Å². The SMILES string of the molecule is CCc1ccc2c(c1)[C@H]1OCC[C@H]1[C@H](c1cc(Br)ccc1OC)N2. The summed E-state index contributed by atoms with van der Waals surface area (Å²) in [6.45, 7) is 3.01. The number of fused-ring (bicyclic) bond motifs is 3. The van der Waals surface area contributed by atoms with Gasteiger partial charge in [-0.05, 0) is 42.7 Å². The Kier molecular flexibility index (Phi) is 4.27. The van der Waals surface area contributed by atoms with Crippen LogP contribution in [0.3, 0.4) is 0 Å². The molecule has 2 aromatic rings. The van der Waals surface area contributed by atoms with Crippen LogP contribution in [0, 0.1) is 5.92 Å². The Morgan fingerprint density at radius 2 is 2.08 bits per heavy atom. The van der Waals surface area contributed by atoms with E-state index in [0.29, 0.717) is 5.92 Å². The molecule has 0 bridgehead atoms. The van der Waals surface area contributed by atoms with Crippen molar-refractivity contribution in [3.8, 4) is 5.75 Å². The van der Waals surface area contributed by atoms with Gasteiger partial charge in [0.25, 0.3) is 0 Å². The zero-order chi connectivity index (χ0) is 16.7. The molecule has 1 saturated heterocycles. The maximum Gasteiger partial charge on any atom is 0.124 e. The molecule has 2 aliphatic rings. The quantitative estimate of drug-likeness (QED) is 0.778. The minimum Gasteiger partial charge on any atom is -0.496 e. The normalized spacial score (nSPS) is 24.9.